The molecule has 3 heterocycles. The Kier molecular flexibility index (Phi) is 3.44. The van der Waals surface area contributed by atoms with E-state index in [-0.39, 0.29) is 5.54 Å². The SMILES string of the molecule is CCc1nc(C2(NC)CC3CCC(C2)N3C)sc1C. The maximum atomic E-state index is 4.95. The summed E-state index contributed by atoms with van der Waals surface area (Å²) in [5.41, 5.74) is 1.42. The fourth-order valence-corrected chi connectivity index (χ4v) is 5.13. The zero-order chi connectivity index (χ0) is 13.6. The lowest BCUT2D eigenvalue weighted by molar-refractivity contribution is 0.0937. The summed E-state index contributed by atoms with van der Waals surface area (Å²) in [5, 5.41) is 4.97. The molecule has 2 aliphatic heterocycles. The van der Waals surface area contributed by atoms with Crippen LogP contribution in [-0.2, 0) is 12.0 Å². The number of hydrogen-bond donors (Lipinski definition) is 1. The number of rotatable bonds is 3. The van der Waals surface area contributed by atoms with Gasteiger partial charge in [0.1, 0.15) is 5.01 Å². The summed E-state index contributed by atoms with van der Waals surface area (Å²) in [4.78, 5) is 8.95. The summed E-state index contributed by atoms with van der Waals surface area (Å²) in [6.07, 6.45) is 6.19. The van der Waals surface area contributed by atoms with Crippen molar-refractivity contribution in [2.75, 3.05) is 14.1 Å². The Balaban J connectivity index is 1.95. The third-order valence-corrected chi connectivity index (χ3v) is 6.49. The van der Waals surface area contributed by atoms with Gasteiger partial charge in [0.05, 0.1) is 11.2 Å². The topological polar surface area (TPSA) is 28.2 Å². The Hall–Kier alpha value is -0.450. The van der Waals surface area contributed by atoms with Gasteiger partial charge in [0.2, 0.25) is 0 Å². The molecule has 2 aliphatic rings. The number of nitrogens with one attached hydrogen (secondary N) is 1. The van der Waals surface area contributed by atoms with Crippen molar-refractivity contribution in [1.29, 1.82) is 0 Å². The molecule has 1 aromatic rings. The van der Waals surface area contributed by atoms with Gasteiger partial charge in [-0.15, -0.1) is 11.3 Å². The van der Waals surface area contributed by atoms with E-state index in [4.69, 9.17) is 4.98 Å². The van der Waals surface area contributed by atoms with E-state index in [1.807, 2.05) is 11.3 Å². The van der Waals surface area contributed by atoms with Crippen molar-refractivity contribution in [3.63, 3.8) is 0 Å². The molecule has 2 fully saturated rings. The summed E-state index contributed by atoms with van der Waals surface area (Å²) in [7, 11) is 4.42. The third kappa shape index (κ3) is 2.05. The molecule has 0 aromatic carbocycles. The second kappa shape index (κ2) is 4.83. The molecule has 3 rings (SSSR count). The van der Waals surface area contributed by atoms with Crippen LogP contribution in [0.25, 0.3) is 0 Å². The number of piperidine rings is 1. The van der Waals surface area contributed by atoms with Crippen LogP contribution in [0.15, 0.2) is 0 Å². The molecule has 3 nitrogen and oxygen atoms in total. The van der Waals surface area contributed by atoms with Crippen molar-refractivity contribution in [3.05, 3.63) is 15.6 Å². The van der Waals surface area contributed by atoms with Gasteiger partial charge in [-0.25, -0.2) is 4.98 Å². The van der Waals surface area contributed by atoms with Gasteiger partial charge < -0.3 is 10.2 Å². The standard InChI is InChI=1S/C15H25N3S/c1-5-13-10(2)19-14(17-13)15(16-3)8-11-6-7-12(9-15)18(11)4/h11-12,16H,5-9H2,1-4H3. The average molecular weight is 279 g/mol. The van der Waals surface area contributed by atoms with E-state index in [0.717, 1.165) is 18.5 Å². The van der Waals surface area contributed by atoms with Gasteiger partial charge in [-0.2, -0.15) is 0 Å². The smallest absolute Gasteiger partial charge is 0.113 e. The molecule has 1 N–H and O–H groups in total. The van der Waals surface area contributed by atoms with E-state index in [9.17, 15) is 0 Å². The van der Waals surface area contributed by atoms with Crippen molar-refractivity contribution in [2.24, 2.45) is 0 Å². The van der Waals surface area contributed by atoms with Crippen LogP contribution in [0.3, 0.4) is 0 Å². The van der Waals surface area contributed by atoms with Gasteiger partial charge in [-0.1, -0.05) is 6.92 Å². The van der Waals surface area contributed by atoms with Crippen molar-refractivity contribution in [2.45, 2.75) is 63.6 Å². The van der Waals surface area contributed by atoms with Gasteiger partial charge in [0.25, 0.3) is 0 Å². The van der Waals surface area contributed by atoms with E-state index in [2.05, 4.69) is 38.2 Å². The molecule has 0 aliphatic carbocycles. The van der Waals surface area contributed by atoms with E-state index < -0.39 is 0 Å². The first-order chi connectivity index (χ1) is 9.09. The summed E-state index contributed by atoms with van der Waals surface area (Å²) in [6.45, 7) is 4.42. The van der Waals surface area contributed by atoms with Gasteiger partial charge in [0, 0.05) is 17.0 Å². The van der Waals surface area contributed by atoms with Gasteiger partial charge in [0.15, 0.2) is 0 Å². The predicted molar refractivity (Wildman–Crippen MR) is 80.8 cm³/mol. The first kappa shape index (κ1) is 13.5. The Morgan fingerprint density at radius 3 is 2.47 bits per heavy atom. The highest BCUT2D eigenvalue weighted by Crippen LogP contribution is 2.46. The average Bonchev–Trinajstić information content (AvgIpc) is 2.87. The number of thiazole rings is 1. The second-order valence-corrected chi connectivity index (χ2v) is 7.37. The lowest BCUT2D eigenvalue weighted by Gasteiger charge is -2.44. The first-order valence-electron chi connectivity index (χ1n) is 7.47. The molecule has 2 atom stereocenters. The van der Waals surface area contributed by atoms with E-state index in [1.165, 1.54) is 41.3 Å². The van der Waals surface area contributed by atoms with Crippen LogP contribution < -0.4 is 5.32 Å². The quantitative estimate of drug-likeness (QED) is 0.922. The number of fused-ring (bicyclic) bond motifs is 2. The summed E-state index contributed by atoms with van der Waals surface area (Å²) >= 11 is 1.91. The molecule has 19 heavy (non-hydrogen) atoms. The van der Waals surface area contributed by atoms with E-state index in [1.54, 1.807) is 0 Å². The Morgan fingerprint density at radius 2 is 2.00 bits per heavy atom. The second-order valence-electron chi connectivity index (χ2n) is 6.17. The number of nitrogens with zero attached hydrogens (tertiary/aromatic N) is 2. The summed E-state index contributed by atoms with van der Waals surface area (Å²) < 4.78 is 0. The molecule has 0 radical (unpaired) electrons. The number of aromatic nitrogens is 1. The molecule has 0 amide bonds. The molecule has 1 aromatic heterocycles. The molecule has 106 valence electrons. The fourth-order valence-electron chi connectivity index (χ4n) is 3.92. The van der Waals surface area contributed by atoms with Crippen LogP contribution >= 0.6 is 11.3 Å². The van der Waals surface area contributed by atoms with Crippen molar-refractivity contribution < 1.29 is 0 Å². The monoisotopic (exact) mass is 279 g/mol. The molecule has 2 saturated heterocycles. The lowest BCUT2D eigenvalue weighted by atomic mass is 9.83. The minimum atomic E-state index is 0.126. The van der Waals surface area contributed by atoms with E-state index >= 15 is 0 Å². The molecule has 0 saturated carbocycles. The van der Waals surface area contributed by atoms with Gasteiger partial charge in [-0.05, 0) is 53.1 Å². The highest BCUT2D eigenvalue weighted by atomic mass is 32.1. The fraction of sp³-hybridized carbons (Fsp3) is 0.800. The highest BCUT2D eigenvalue weighted by Gasteiger charge is 2.48. The molecule has 0 spiro atoms. The minimum Gasteiger partial charge on any atom is -0.308 e. The zero-order valence-corrected chi connectivity index (χ0v) is 13.3. The maximum absolute atomic E-state index is 4.95. The van der Waals surface area contributed by atoms with Crippen LogP contribution in [0.5, 0.6) is 0 Å². The number of aryl methyl sites for hydroxylation is 2. The molecule has 2 unspecified atom stereocenters. The first-order valence-corrected chi connectivity index (χ1v) is 8.29. The Labute approximate surface area is 120 Å². The summed E-state index contributed by atoms with van der Waals surface area (Å²) in [6, 6.07) is 1.47. The largest absolute Gasteiger partial charge is 0.308 e. The van der Waals surface area contributed by atoms with Crippen molar-refractivity contribution in [1.82, 2.24) is 15.2 Å². The Morgan fingerprint density at radius 1 is 1.37 bits per heavy atom. The van der Waals surface area contributed by atoms with E-state index in [0.29, 0.717) is 0 Å². The van der Waals surface area contributed by atoms with Gasteiger partial charge in [-0.3, -0.25) is 0 Å². The van der Waals surface area contributed by atoms with Crippen LogP contribution in [-0.4, -0.2) is 36.1 Å². The molecule has 2 bridgehead atoms. The minimum absolute atomic E-state index is 0.126. The van der Waals surface area contributed by atoms with Crippen LogP contribution in [0.4, 0.5) is 0 Å². The molecular formula is C15H25N3S. The highest BCUT2D eigenvalue weighted by molar-refractivity contribution is 7.11. The normalized spacial score (nSPS) is 34.9. The van der Waals surface area contributed by atoms with Crippen LogP contribution in [0, 0.1) is 6.92 Å². The predicted octanol–water partition coefficient (Wildman–Crippen LogP) is 2.69. The maximum Gasteiger partial charge on any atom is 0.113 e. The zero-order valence-electron chi connectivity index (χ0n) is 12.5. The van der Waals surface area contributed by atoms with Crippen molar-refractivity contribution >= 4 is 11.3 Å². The van der Waals surface area contributed by atoms with Crippen LogP contribution in [0.1, 0.15) is 48.2 Å². The molecule has 4 heteroatoms. The third-order valence-electron chi connectivity index (χ3n) is 5.27. The lowest BCUT2D eigenvalue weighted by Crippen LogP contribution is -2.53. The molecular weight excluding hydrogens is 254 g/mol. The Bertz CT molecular complexity index is 454. The van der Waals surface area contributed by atoms with Crippen LogP contribution in [0.2, 0.25) is 0 Å². The van der Waals surface area contributed by atoms with Gasteiger partial charge >= 0.3 is 0 Å². The number of hydrogen-bond acceptors (Lipinski definition) is 4. The summed E-state index contributed by atoms with van der Waals surface area (Å²) in [5.74, 6) is 0. The van der Waals surface area contributed by atoms with Crippen molar-refractivity contribution in [3.8, 4) is 0 Å².